The Morgan fingerprint density at radius 1 is 0.920 bits per heavy atom. The van der Waals surface area contributed by atoms with E-state index in [1.54, 1.807) is 6.26 Å². The van der Waals surface area contributed by atoms with Gasteiger partial charge < -0.3 is 15.1 Å². The average molecular weight is 395 g/mol. The number of fused-ring (bicyclic) bond motifs is 1. The van der Waals surface area contributed by atoms with Crippen LogP contribution in [0.25, 0.3) is 10.9 Å². The van der Waals surface area contributed by atoms with E-state index in [9.17, 15) is 0 Å². The zero-order valence-corrected chi connectivity index (χ0v) is 14.8. The van der Waals surface area contributed by atoms with E-state index < -0.39 is 0 Å². The molecule has 0 fully saturated rings. The first-order chi connectivity index (χ1) is 12.3. The smallest absolute Gasteiger partial charge is 0.229 e. The largest absolute Gasteiger partial charge is 0.467 e. The van der Waals surface area contributed by atoms with Crippen molar-refractivity contribution in [3.8, 4) is 0 Å². The van der Waals surface area contributed by atoms with Gasteiger partial charge in [0.1, 0.15) is 11.6 Å². The normalized spacial score (nSPS) is 10.8. The highest BCUT2D eigenvalue weighted by atomic mass is 79.9. The van der Waals surface area contributed by atoms with Crippen molar-refractivity contribution in [3.05, 3.63) is 77.2 Å². The third kappa shape index (κ3) is 3.64. The number of hydrogen-bond acceptors (Lipinski definition) is 5. The summed E-state index contributed by atoms with van der Waals surface area (Å²) in [6.07, 6.45) is 1.66. The molecule has 0 unspecified atom stereocenters. The lowest BCUT2D eigenvalue weighted by Gasteiger charge is -2.11. The Balaban J connectivity index is 1.66. The predicted octanol–water partition coefficient (Wildman–Crippen LogP) is 5.34. The molecular weight excluding hydrogens is 380 g/mol. The molecule has 0 amide bonds. The summed E-state index contributed by atoms with van der Waals surface area (Å²) in [7, 11) is 0. The Labute approximate surface area is 153 Å². The van der Waals surface area contributed by atoms with Crippen molar-refractivity contribution >= 4 is 44.3 Å². The number of anilines is 3. The van der Waals surface area contributed by atoms with Gasteiger partial charge in [-0.2, -0.15) is 4.98 Å². The summed E-state index contributed by atoms with van der Waals surface area (Å²) < 4.78 is 6.40. The number of halogens is 1. The lowest BCUT2D eigenvalue weighted by atomic mass is 10.2. The number of para-hydroxylation sites is 1. The van der Waals surface area contributed by atoms with Crippen molar-refractivity contribution in [3.63, 3.8) is 0 Å². The van der Waals surface area contributed by atoms with E-state index in [1.807, 2.05) is 60.7 Å². The number of nitrogens with zero attached hydrogens (tertiary/aromatic N) is 2. The molecule has 2 aromatic heterocycles. The van der Waals surface area contributed by atoms with Gasteiger partial charge in [0.25, 0.3) is 0 Å². The third-order valence-corrected chi connectivity index (χ3v) is 4.24. The van der Waals surface area contributed by atoms with Crippen molar-refractivity contribution in [2.45, 2.75) is 6.54 Å². The van der Waals surface area contributed by atoms with Gasteiger partial charge in [0.2, 0.25) is 5.95 Å². The summed E-state index contributed by atoms with van der Waals surface area (Å²) in [4.78, 5) is 9.23. The second-order valence-corrected chi connectivity index (χ2v) is 6.39. The second kappa shape index (κ2) is 6.94. The Bertz CT molecular complexity index is 984. The van der Waals surface area contributed by atoms with Crippen LogP contribution in [-0.2, 0) is 6.54 Å². The lowest BCUT2D eigenvalue weighted by Crippen LogP contribution is -2.05. The maximum Gasteiger partial charge on any atom is 0.229 e. The molecule has 0 saturated carbocycles. The van der Waals surface area contributed by atoms with Gasteiger partial charge in [-0.1, -0.05) is 28.1 Å². The van der Waals surface area contributed by atoms with Crippen LogP contribution in [0.5, 0.6) is 0 Å². The standard InChI is InChI=1S/C19H15BrN4O/c20-13-7-9-14(10-8-13)22-19-23-17-6-2-1-5-16(17)18(24-19)21-12-15-4-3-11-25-15/h1-11H,12H2,(H2,21,22,23,24). The summed E-state index contributed by atoms with van der Waals surface area (Å²) in [6, 6.07) is 19.6. The number of nitrogens with one attached hydrogen (secondary N) is 2. The molecule has 124 valence electrons. The van der Waals surface area contributed by atoms with Crippen molar-refractivity contribution in [2.75, 3.05) is 10.6 Å². The number of benzene rings is 2. The molecule has 25 heavy (non-hydrogen) atoms. The maximum atomic E-state index is 5.38. The molecule has 0 saturated heterocycles. The SMILES string of the molecule is Brc1ccc(Nc2nc(NCc3ccco3)c3ccccc3n2)cc1. The van der Waals surface area contributed by atoms with Gasteiger partial charge in [0, 0.05) is 15.5 Å². The minimum atomic E-state index is 0.544. The van der Waals surface area contributed by atoms with E-state index in [1.165, 1.54) is 0 Å². The summed E-state index contributed by atoms with van der Waals surface area (Å²) in [5.41, 5.74) is 1.80. The van der Waals surface area contributed by atoms with Gasteiger partial charge in [-0.3, -0.25) is 0 Å². The van der Waals surface area contributed by atoms with Crippen LogP contribution in [0.1, 0.15) is 5.76 Å². The fraction of sp³-hybridized carbons (Fsp3) is 0.0526. The summed E-state index contributed by atoms with van der Waals surface area (Å²) >= 11 is 3.44. The fourth-order valence-electron chi connectivity index (χ4n) is 2.51. The highest BCUT2D eigenvalue weighted by molar-refractivity contribution is 9.10. The fourth-order valence-corrected chi connectivity index (χ4v) is 2.78. The first-order valence-electron chi connectivity index (χ1n) is 7.83. The summed E-state index contributed by atoms with van der Waals surface area (Å²) in [5.74, 6) is 2.16. The van der Waals surface area contributed by atoms with Gasteiger partial charge in [-0.15, -0.1) is 0 Å². The Morgan fingerprint density at radius 3 is 2.56 bits per heavy atom. The zero-order chi connectivity index (χ0) is 17.1. The molecule has 0 atom stereocenters. The molecule has 0 aliphatic carbocycles. The van der Waals surface area contributed by atoms with Crippen LogP contribution in [0.2, 0.25) is 0 Å². The molecule has 0 aliphatic heterocycles. The molecule has 0 radical (unpaired) electrons. The van der Waals surface area contributed by atoms with Crippen LogP contribution in [0.15, 0.2) is 75.8 Å². The van der Waals surface area contributed by atoms with Crippen LogP contribution < -0.4 is 10.6 Å². The van der Waals surface area contributed by atoms with E-state index in [0.29, 0.717) is 12.5 Å². The third-order valence-electron chi connectivity index (χ3n) is 3.71. The number of aromatic nitrogens is 2. The Hall–Kier alpha value is -2.86. The van der Waals surface area contributed by atoms with Crippen LogP contribution in [0, 0.1) is 0 Å². The molecule has 0 aliphatic rings. The highest BCUT2D eigenvalue weighted by Gasteiger charge is 2.08. The molecule has 2 heterocycles. The summed E-state index contributed by atoms with van der Waals surface area (Å²) in [5, 5.41) is 7.55. The van der Waals surface area contributed by atoms with Crippen LogP contribution in [0.3, 0.4) is 0 Å². The monoisotopic (exact) mass is 394 g/mol. The second-order valence-electron chi connectivity index (χ2n) is 5.48. The van der Waals surface area contributed by atoms with E-state index in [-0.39, 0.29) is 0 Å². The first kappa shape index (κ1) is 15.7. The predicted molar refractivity (Wildman–Crippen MR) is 103 cm³/mol. The molecule has 2 N–H and O–H groups in total. The van der Waals surface area contributed by atoms with E-state index in [2.05, 4.69) is 36.5 Å². The van der Waals surface area contributed by atoms with Gasteiger partial charge in [-0.05, 0) is 48.5 Å². The Kier molecular flexibility index (Phi) is 4.35. The van der Waals surface area contributed by atoms with E-state index in [0.717, 1.165) is 32.6 Å². The molecule has 2 aromatic carbocycles. The number of furan rings is 1. The molecule has 0 bridgehead atoms. The number of rotatable bonds is 5. The Morgan fingerprint density at radius 2 is 1.76 bits per heavy atom. The van der Waals surface area contributed by atoms with Gasteiger partial charge in [-0.25, -0.2) is 4.98 Å². The van der Waals surface area contributed by atoms with Crippen molar-refractivity contribution < 1.29 is 4.42 Å². The van der Waals surface area contributed by atoms with Gasteiger partial charge in [0.05, 0.1) is 18.3 Å². The minimum absolute atomic E-state index is 0.544. The quantitative estimate of drug-likeness (QED) is 0.478. The molecule has 4 aromatic rings. The van der Waals surface area contributed by atoms with Crippen LogP contribution in [0.4, 0.5) is 17.5 Å². The van der Waals surface area contributed by atoms with Crippen LogP contribution in [-0.4, -0.2) is 9.97 Å². The van der Waals surface area contributed by atoms with Gasteiger partial charge >= 0.3 is 0 Å². The minimum Gasteiger partial charge on any atom is -0.467 e. The molecular formula is C19H15BrN4O. The van der Waals surface area contributed by atoms with Crippen molar-refractivity contribution in [2.24, 2.45) is 0 Å². The summed E-state index contributed by atoms with van der Waals surface area (Å²) in [6.45, 7) is 0.561. The lowest BCUT2D eigenvalue weighted by molar-refractivity contribution is 0.518. The van der Waals surface area contributed by atoms with Crippen LogP contribution >= 0.6 is 15.9 Å². The van der Waals surface area contributed by atoms with Gasteiger partial charge in [0.15, 0.2) is 0 Å². The maximum absolute atomic E-state index is 5.38. The molecule has 6 heteroatoms. The average Bonchev–Trinajstić information content (AvgIpc) is 3.15. The highest BCUT2D eigenvalue weighted by Crippen LogP contribution is 2.24. The topological polar surface area (TPSA) is 63.0 Å². The molecule has 5 nitrogen and oxygen atoms in total. The first-order valence-corrected chi connectivity index (χ1v) is 8.63. The molecule has 4 rings (SSSR count). The van der Waals surface area contributed by atoms with Crippen molar-refractivity contribution in [1.29, 1.82) is 0 Å². The molecule has 0 spiro atoms. The van der Waals surface area contributed by atoms with E-state index >= 15 is 0 Å². The van der Waals surface area contributed by atoms with Crippen molar-refractivity contribution in [1.82, 2.24) is 9.97 Å². The number of hydrogen-bond donors (Lipinski definition) is 2. The zero-order valence-electron chi connectivity index (χ0n) is 13.2. The van der Waals surface area contributed by atoms with E-state index in [4.69, 9.17) is 4.42 Å².